The Hall–Kier alpha value is -3.10. The fourth-order valence-corrected chi connectivity index (χ4v) is 3.73. The highest BCUT2D eigenvalue weighted by Crippen LogP contribution is 2.33. The minimum atomic E-state index is -0.284. The van der Waals surface area contributed by atoms with Crippen LogP contribution in [-0.2, 0) is 4.74 Å². The summed E-state index contributed by atoms with van der Waals surface area (Å²) in [5, 5.41) is 5.75. The molecule has 1 aliphatic rings. The molecule has 1 saturated heterocycles. The highest BCUT2D eigenvalue weighted by Gasteiger charge is 2.28. The van der Waals surface area contributed by atoms with Gasteiger partial charge in [-0.2, -0.15) is 0 Å². The van der Waals surface area contributed by atoms with Gasteiger partial charge in [0.2, 0.25) is 0 Å². The Balaban J connectivity index is 1.96. The highest BCUT2D eigenvalue weighted by molar-refractivity contribution is 6.07. The van der Waals surface area contributed by atoms with Crippen LogP contribution in [0.25, 0.3) is 0 Å². The van der Waals surface area contributed by atoms with Crippen LogP contribution < -0.4 is 26.0 Å². The molecule has 2 aromatic rings. The van der Waals surface area contributed by atoms with Gasteiger partial charge in [0.15, 0.2) is 0 Å². The van der Waals surface area contributed by atoms with Gasteiger partial charge in [-0.25, -0.2) is 0 Å². The van der Waals surface area contributed by atoms with Crippen molar-refractivity contribution in [1.29, 1.82) is 0 Å². The van der Waals surface area contributed by atoms with Crippen LogP contribution in [0, 0.1) is 0 Å². The largest absolute Gasteiger partial charge is 0.497 e. The number of nitrogens with two attached hydrogens (primary N) is 1. The lowest BCUT2D eigenvalue weighted by molar-refractivity contribution is 0.0757. The summed E-state index contributed by atoms with van der Waals surface area (Å²) in [6, 6.07) is 12.5. The first-order chi connectivity index (χ1) is 14.9. The monoisotopic (exact) mass is 426 g/mol. The third kappa shape index (κ3) is 5.34. The summed E-state index contributed by atoms with van der Waals surface area (Å²) in [4.78, 5) is 27.7. The number of hydrogen-bond acceptors (Lipinski definition) is 6. The number of rotatable bonds is 7. The molecule has 2 atom stereocenters. The van der Waals surface area contributed by atoms with Crippen molar-refractivity contribution in [1.82, 2.24) is 5.32 Å². The molecule has 31 heavy (non-hydrogen) atoms. The Morgan fingerprint density at radius 3 is 2.48 bits per heavy atom. The van der Waals surface area contributed by atoms with Crippen molar-refractivity contribution >= 4 is 23.2 Å². The second-order valence-electron chi connectivity index (χ2n) is 7.61. The number of anilines is 2. The fraction of sp³-hybridized carbons (Fsp3) is 0.391. The number of hydrogen-bond donors (Lipinski definition) is 3. The van der Waals surface area contributed by atoms with Crippen LogP contribution >= 0.6 is 0 Å². The quantitative estimate of drug-likeness (QED) is 0.627. The molecular weight excluding hydrogens is 396 g/mol. The summed E-state index contributed by atoms with van der Waals surface area (Å²) >= 11 is 0. The molecular formula is C23H30N4O4. The molecule has 1 heterocycles. The first kappa shape index (κ1) is 22.6. The normalized spacial score (nSPS) is 18.4. The van der Waals surface area contributed by atoms with Crippen molar-refractivity contribution in [2.75, 3.05) is 43.6 Å². The highest BCUT2D eigenvalue weighted by atomic mass is 16.5. The molecule has 0 spiro atoms. The predicted octanol–water partition coefficient (Wildman–Crippen LogP) is 2.25. The lowest BCUT2D eigenvalue weighted by atomic mass is 10.1. The minimum Gasteiger partial charge on any atom is -0.497 e. The molecule has 8 heteroatoms. The van der Waals surface area contributed by atoms with Gasteiger partial charge in [-0.1, -0.05) is 6.07 Å². The van der Waals surface area contributed by atoms with E-state index in [1.165, 1.54) is 0 Å². The summed E-state index contributed by atoms with van der Waals surface area (Å²) in [7, 11) is 1.56. The molecule has 0 saturated carbocycles. The minimum absolute atomic E-state index is 0.119. The van der Waals surface area contributed by atoms with Gasteiger partial charge in [0.1, 0.15) is 5.75 Å². The van der Waals surface area contributed by atoms with E-state index < -0.39 is 0 Å². The van der Waals surface area contributed by atoms with Crippen LogP contribution in [-0.4, -0.2) is 57.3 Å². The molecule has 1 aliphatic heterocycles. The van der Waals surface area contributed by atoms with Crippen LogP contribution in [0.15, 0.2) is 42.5 Å². The zero-order chi connectivity index (χ0) is 22.4. The van der Waals surface area contributed by atoms with Gasteiger partial charge in [0, 0.05) is 36.3 Å². The SMILES string of the molecule is COc1cccc(C(=O)Nc2cc(C(=O)NCCN)ccc2N2C(C)COCC2C)c1. The number of amides is 2. The standard InChI is InChI=1S/C23H30N4O4/c1-15-13-31-14-16(2)27(15)21-8-7-18(22(28)25-10-9-24)12-20(21)26-23(29)17-5-4-6-19(11-17)30-3/h4-8,11-12,15-16H,9-10,13-14,24H2,1-3H3,(H,25,28)(H,26,29). The number of ether oxygens (including phenoxy) is 2. The molecule has 1 fully saturated rings. The van der Waals surface area contributed by atoms with Crippen molar-refractivity contribution in [2.24, 2.45) is 5.73 Å². The first-order valence-electron chi connectivity index (χ1n) is 10.4. The summed E-state index contributed by atoms with van der Waals surface area (Å²) in [5.74, 6) is 0.0726. The van der Waals surface area contributed by atoms with Gasteiger partial charge in [-0.3, -0.25) is 9.59 Å². The number of methoxy groups -OCH3 is 1. The van der Waals surface area contributed by atoms with Gasteiger partial charge >= 0.3 is 0 Å². The second kappa shape index (κ2) is 10.3. The van der Waals surface area contributed by atoms with E-state index in [-0.39, 0.29) is 23.9 Å². The number of carbonyl (C=O) groups is 2. The number of nitrogens with one attached hydrogen (secondary N) is 2. The molecule has 0 aliphatic carbocycles. The van der Waals surface area contributed by atoms with Gasteiger partial charge < -0.3 is 30.7 Å². The van der Waals surface area contributed by atoms with E-state index in [0.29, 0.717) is 48.9 Å². The van der Waals surface area contributed by atoms with E-state index >= 15 is 0 Å². The zero-order valence-electron chi connectivity index (χ0n) is 18.2. The van der Waals surface area contributed by atoms with Gasteiger partial charge in [-0.05, 0) is 50.2 Å². The topological polar surface area (TPSA) is 106 Å². The average Bonchev–Trinajstić information content (AvgIpc) is 2.78. The van der Waals surface area contributed by atoms with E-state index in [2.05, 4.69) is 29.4 Å². The Morgan fingerprint density at radius 1 is 1.10 bits per heavy atom. The maximum absolute atomic E-state index is 13.0. The van der Waals surface area contributed by atoms with Crippen molar-refractivity contribution < 1.29 is 19.1 Å². The summed E-state index contributed by atoms with van der Waals surface area (Å²) in [6.45, 7) is 6.06. The van der Waals surface area contributed by atoms with Crippen LogP contribution in [0.5, 0.6) is 5.75 Å². The molecule has 2 aromatic carbocycles. The van der Waals surface area contributed by atoms with E-state index in [9.17, 15) is 9.59 Å². The number of morpholine rings is 1. The van der Waals surface area contributed by atoms with E-state index in [1.54, 1.807) is 43.5 Å². The Morgan fingerprint density at radius 2 is 1.81 bits per heavy atom. The molecule has 0 aromatic heterocycles. The smallest absolute Gasteiger partial charge is 0.255 e. The van der Waals surface area contributed by atoms with E-state index in [0.717, 1.165) is 5.69 Å². The maximum atomic E-state index is 13.0. The Kier molecular flexibility index (Phi) is 7.49. The summed E-state index contributed by atoms with van der Waals surface area (Å²) in [5.41, 5.74) is 7.81. The van der Waals surface area contributed by atoms with Crippen molar-refractivity contribution in [3.05, 3.63) is 53.6 Å². The fourth-order valence-electron chi connectivity index (χ4n) is 3.73. The van der Waals surface area contributed by atoms with Crippen LogP contribution in [0.3, 0.4) is 0 Å². The third-order valence-corrected chi connectivity index (χ3v) is 5.21. The molecule has 2 amide bonds. The Labute approximate surface area is 182 Å². The number of carbonyl (C=O) groups excluding carboxylic acids is 2. The van der Waals surface area contributed by atoms with Crippen LogP contribution in [0.1, 0.15) is 34.6 Å². The molecule has 2 unspecified atom stereocenters. The van der Waals surface area contributed by atoms with Gasteiger partial charge in [-0.15, -0.1) is 0 Å². The van der Waals surface area contributed by atoms with Crippen LogP contribution in [0.4, 0.5) is 11.4 Å². The summed E-state index contributed by atoms with van der Waals surface area (Å²) < 4.78 is 10.9. The number of benzene rings is 2. The summed E-state index contributed by atoms with van der Waals surface area (Å²) in [6.07, 6.45) is 0. The Bertz CT molecular complexity index is 924. The zero-order valence-corrected chi connectivity index (χ0v) is 18.2. The average molecular weight is 427 g/mol. The first-order valence-corrected chi connectivity index (χ1v) is 10.4. The van der Waals surface area contributed by atoms with Crippen molar-refractivity contribution in [2.45, 2.75) is 25.9 Å². The van der Waals surface area contributed by atoms with Crippen LogP contribution in [0.2, 0.25) is 0 Å². The lowest BCUT2D eigenvalue weighted by Crippen LogP contribution is -2.50. The molecule has 0 radical (unpaired) electrons. The molecule has 4 N–H and O–H groups in total. The molecule has 166 valence electrons. The predicted molar refractivity (Wildman–Crippen MR) is 121 cm³/mol. The maximum Gasteiger partial charge on any atom is 0.255 e. The number of nitrogens with zero attached hydrogens (tertiary/aromatic N) is 1. The molecule has 8 nitrogen and oxygen atoms in total. The lowest BCUT2D eigenvalue weighted by Gasteiger charge is -2.41. The molecule has 0 bridgehead atoms. The second-order valence-corrected chi connectivity index (χ2v) is 7.61. The van der Waals surface area contributed by atoms with Crippen molar-refractivity contribution in [3.8, 4) is 5.75 Å². The van der Waals surface area contributed by atoms with Gasteiger partial charge in [0.05, 0.1) is 31.7 Å². The molecule has 3 rings (SSSR count). The third-order valence-electron chi connectivity index (χ3n) is 5.21. The van der Waals surface area contributed by atoms with E-state index in [4.69, 9.17) is 15.2 Å². The van der Waals surface area contributed by atoms with Crippen molar-refractivity contribution in [3.63, 3.8) is 0 Å². The van der Waals surface area contributed by atoms with E-state index in [1.807, 2.05) is 6.07 Å². The van der Waals surface area contributed by atoms with Gasteiger partial charge in [0.25, 0.3) is 11.8 Å².